The molecule has 0 radical (unpaired) electrons. The molecule has 15 heavy (non-hydrogen) atoms. The van der Waals surface area contributed by atoms with Crippen LogP contribution in [0.25, 0.3) is 0 Å². The summed E-state index contributed by atoms with van der Waals surface area (Å²) in [6.45, 7) is 12.9. The van der Waals surface area contributed by atoms with Crippen molar-refractivity contribution < 1.29 is 0 Å². The third-order valence-corrected chi connectivity index (χ3v) is 6.43. The van der Waals surface area contributed by atoms with Crippen molar-refractivity contribution in [2.24, 2.45) is 0 Å². The molecule has 2 nitrogen and oxygen atoms in total. The zero-order valence-corrected chi connectivity index (χ0v) is 12.8. The maximum Gasteiger partial charge on any atom is 0.119 e. The second-order valence-corrected chi connectivity index (χ2v) is 10.3. The van der Waals surface area contributed by atoms with Gasteiger partial charge in [-0.3, -0.25) is 0 Å². The highest BCUT2D eigenvalue weighted by atomic mass is 28.3. The van der Waals surface area contributed by atoms with E-state index in [0.29, 0.717) is 5.54 Å². The predicted molar refractivity (Wildman–Crippen MR) is 73.0 cm³/mol. The maximum absolute atomic E-state index is 3.98. The molecule has 0 aromatic carbocycles. The normalized spacial score (nSPS) is 13.6. The van der Waals surface area contributed by atoms with Crippen LogP contribution < -0.4 is 4.98 Å². The van der Waals surface area contributed by atoms with Crippen molar-refractivity contribution in [1.29, 1.82) is 0 Å². The summed E-state index contributed by atoms with van der Waals surface area (Å²) in [4.78, 5) is 6.29. The van der Waals surface area contributed by atoms with Crippen LogP contribution in [0.4, 0.5) is 0 Å². The Hall–Kier alpha value is 0.137. The van der Waals surface area contributed by atoms with Crippen molar-refractivity contribution in [3.8, 4) is 0 Å². The van der Waals surface area contributed by atoms with Gasteiger partial charge in [0.1, 0.15) is 8.24 Å². The molecule has 92 valence electrons. The molecule has 0 aliphatic heterocycles. The van der Waals surface area contributed by atoms with Gasteiger partial charge in [0.25, 0.3) is 0 Å². The van der Waals surface area contributed by atoms with Crippen LogP contribution in [-0.4, -0.2) is 39.3 Å². The van der Waals surface area contributed by atoms with Crippen molar-refractivity contribution in [3.63, 3.8) is 0 Å². The number of hydrogen-bond acceptors (Lipinski definition) is 2. The first-order chi connectivity index (χ1) is 6.81. The Labute approximate surface area is 97.5 Å². The monoisotopic (exact) mass is 230 g/mol. The summed E-state index contributed by atoms with van der Waals surface area (Å²) in [6.07, 6.45) is 2.44. The number of hydrogen-bond donors (Lipinski definition) is 1. The molecule has 0 aliphatic carbocycles. The zero-order valence-electron chi connectivity index (χ0n) is 11.8. The SMILES string of the molecule is CCC(CC)(CN(C)C)N[Si](C)(C)CC. The number of nitrogens with one attached hydrogen (secondary N) is 1. The van der Waals surface area contributed by atoms with Crippen molar-refractivity contribution in [2.45, 2.75) is 58.3 Å². The minimum Gasteiger partial charge on any atom is -0.331 e. The minimum absolute atomic E-state index is 0.329. The molecular formula is C12H30N2Si. The second-order valence-electron chi connectivity index (χ2n) is 5.59. The molecule has 0 aromatic heterocycles. The fourth-order valence-corrected chi connectivity index (χ4v) is 4.15. The van der Waals surface area contributed by atoms with Gasteiger partial charge in [0.2, 0.25) is 0 Å². The molecule has 0 spiro atoms. The van der Waals surface area contributed by atoms with Gasteiger partial charge in [0.15, 0.2) is 0 Å². The molecule has 3 heteroatoms. The maximum atomic E-state index is 3.98. The van der Waals surface area contributed by atoms with E-state index in [-0.39, 0.29) is 0 Å². The van der Waals surface area contributed by atoms with Crippen LogP contribution in [0.1, 0.15) is 33.6 Å². The Morgan fingerprint density at radius 1 is 1.07 bits per heavy atom. The molecule has 0 saturated carbocycles. The molecule has 0 aliphatic rings. The van der Waals surface area contributed by atoms with E-state index in [0.717, 1.165) is 6.54 Å². The van der Waals surface area contributed by atoms with Crippen molar-refractivity contribution in [3.05, 3.63) is 0 Å². The molecule has 0 unspecified atom stereocenters. The third-order valence-electron chi connectivity index (χ3n) is 3.46. The molecule has 0 atom stereocenters. The Bertz CT molecular complexity index is 174. The highest BCUT2D eigenvalue weighted by Crippen LogP contribution is 2.20. The van der Waals surface area contributed by atoms with Crippen LogP contribution in [0.2, 0.25) is 19.1 Å². The summed E-state index contributed by atoms with van der Waals surface area (Å²) in [5, 5.41) is 0. The van der Waals surface area contributed by atoms with Gasteiger partial charge in [-0.15, -0.1) is 0 Å². The minimum atomic E-state index is -1.20. The molecule has 0 bridgehead atoms. The molecule has 1 N–H and O–H groups in total. The first-order valence-corrected chi connectivity index (χ1v) is 9.45. The zero-order chi connectivity index (χ0) is 12.1. The highest BCUT2D eigenvalue weighted by Gasteiger charge is 2.33. The highest BCUT2D eigenvalue weighted by molar-refractivity contribution is 6.75. The van der Waals surface area contributed by atoms with Gasteiger partial charge in [0, 0.05) is 12.1 Å². The molecule has 0 saturated heterocycles. The predicted octanol–water partition coefficient (Wildman–Crippen LogP) is 2.92. The van der Waals surface area contributed by atoms with Crippen LogP contribution in [0, 0.1) is 0 Å². The van der Waals surface area contributed by atoms with E-state index >= 15 is 0 Å². The largest absolute Gasteiger partial charge is 0.331 e. The Morgan fingerprint density at radius 3 is 1.80 bits per heavy atom. The third kappa shape index (κ3) is 5.14. The van der Waals surface area contributed by atoms with Crippen LogP contribution in [0.3, 0.4) is 0 Å². The summed E-state index contributed by atoms with van der Waals surface area (Å²) in [5.74, 6) is 0. The van der Waals surface area contributed by atoms with E-state index in [4.69, 9.17) is 0 Å². The molecular weight excluding hydrogens is 200 g/mol. The average Bonchev–Trinajstić information content (AvgIpc) is 2.15. The van der Waals surface area contributed by atoms with Crippen LogP contribution in [0.15, 0.2) is 0 Å². The van der Waals surface area contributed by atoms with Crippen molar-refractivity contribution in [1.82, 2.24) is 9.88 Å². The van der Waals surface area contributed by atoms with Gasteiger partial charge in [0.05, 0.1) is 0 Å². The van der Waals surface area contributed by atoms with E-state index in [1.807, 2.05) is 0 Å². The summed E-state index contributed by atoms with van der Waals surface area (Å²) in [6, 6.07) is 1.31. The first kappa shape index (κ1) is 15.1. The van der Waals surface area contributed by atoms with Crippen LogP contribution in [0.5, 0.6) is 0 Å². The quantitative estimate of drug-likeness (QED) is 0.677. The number of rotatable bonds is 7. The summed E-state index contributed by atoms with van der Waals surface area (Å²) < 4.78 is 0. The number of likely N-dealkylation sites (N-methyl/N-ethyl adjacent to an activating group) is 1. The van der Waals surface area contributed by atoms with Gasteiger partial charge in [-0.2, -0.15) is 0 Å². The fraction of sp³-hybridized carbons (Fsp3) is 1.00. The summed E-state index contributed by atoms with van der Waals surface area (Å²) in [5.41, 5.74) is 0.329. The summed E-state index contributed by atoms with van der Waals surface area (Å²) in [7, 11) is 3.14. The van der Waals surface area contributed by atoms with Crippen molar-refractivity contribution >= 4 is 8.24 Å². The Morgan fingerprint density at radius 2 is 1.53 bits per heavy atom. The van der Waals surface area contributed by atoms with E-state index in [1.54, 1.807) is 0 Å². The molecule has 0 amide bonds. The average molecular weight is 230 g/mol. The van der Waals surface area contributed by atoms with Gasteiger partial charge >= 0.3 is 0 Å². The first-order valence-electron chi connectivity index (χ1n) is 6.25. The van der Waals surface area contributed by atoms with E-state index in [1.165, 1.54) is 18.9 Å². The van der Waals surface area contributed by atoms with E-state index in [9.17, 15) is 0 Å². The Balaban J connectivity index is 4.63. The lowest BCUT2D eigenvalue weighted by Crippen LogP contribution is -2.61. The van der Waals surface area contributed by atoms with Gasteiger partial charge < -0.3 is 9.88 Å². The van der Waals surface area contributed by atoms with E-state index in [2.05, 4.69) is 57.8 Å². The molecule has 0 aromatic rings. The lowest BCUT2D eigenvalue weighted by atomic mass is 9.94. The van der Waals surface area contributed by atoms with Gasteiger partial charge in [-0.25, -0.2) is 0 Å². The summed E-state index contributed by atoms with van der Waals surface area (Å²) >= 11 is 0. The van der Waals surface area contributed by atoms with Crippen LogP contribution in [-0.2, 0) is 0 Å². The molecule has 0 heterocycles. The van der Waals surface area contributed by atoms with E-state index < -0.39 is 8.24 Å². The lowest BCUT2D eigenvalue weighted by Gasteiger charge is -2.41. The van der Waals surface area contributed by atoms with Gasteiger partial charge in [-0.05, 0) is 33.0 Å². The lowest BCUT2D eigenvalue weighted by molar-refractivity contribution is 0.245. The number of nitrogens with zero attached hydrogens (tertiary/aromatic N) is 1. The standard InChI is InChI=1S/C12H30N2Si/c1-8-12(9-2,11-14(4)5)13-15(6,7)10-3/h13H,8-11H2,1-7H3. The smallest absolute Gasteiger partial charge is 0.119 e. The van der Waals surface area contributed by atoms with Crippen molar-refractivity contribution in [2.75, 3.05) is 20.6 Å². The molecule has 0 fully saturated rings. The van der Waals surface area contributed by atoms with Gasteiger partial charge in [-0.1, -0.05) is 33.9 Å². The second kappa shape index (κ2) is 6.02. The molecule has 0 rings (SSSR count). The topological polar surface area (TPSA) is 15.3 Å². The fourth-order valence-electron chi connectivity index (χ4n) is 2.10. The van der Waals surface area contributed by atoms with Crippen LogP contribution >= 0.6 is 0 Å². The Kier molecular flexibility index (Phi) is 6.07.